The highest BCUT2D eigenvalue weighted by Gasteiger charge is 2.18. The van der Waals surface area contributed by atoms with E-state index in [1.807, 2.05) is 12.1 Å². The predicted molar refractivity (Wildman–Crippen MR) is 82.3 cm³/mol. The molecule has 1 heterocycles. The molecule has 1 aliphatic heterocycles. The first-order chi connectivity index (χ1) is 9.19. The maximum atomic E-state index is 5.44. The van der Waals surface area contributed by atoms with Crippen molar-refractivity contribution in [2.45, 2.75) is 45.2 Å². The van der Waals surface area contributed by atoms with Gasteiger partial charge in [-0.05, 0) is 57.9 Å². The average molecular weight is 256 g/mol. The number of terminal acetylenes is 1. The zero-order valence-electron chi connectivity index (χ0n) is 12.0. The van der Waals surface area contributed by atoms with Crippen LogP contribution in [0.25, 0.3) is 0 Å². The van der Waals surface area contributed by atoms with E-state index in [4.69, 9.17) is 6.42 Å². The molecule has 0 aliphatic carbocycles. The van der Waals surface area contributed by atoms with Gasteiger partial charge in [0.2, 0.25) is 0 Å². The smallest absolute Gasteiger partial charge is 0.0354 e. The molecule has 0 saturated carbocycles. The minimum absolute atomic E-state index is 0.566. The highest BCUT2D eigenvalue weighted by Crippen LogP contribution is 2.18. The van der Waals surface area contributed by atoms with E-state index in [9.17, 15) is 0 Å². The first-order valence-corrected chi connectivity index (χ1v) is 7.26. The molecule has 1 saturated heterocycles. The van der Waals surface area contributed by atoms with Gasteiger partial charge in [0.25, 0.3) is 0 Å². The number of rotatable bonds is 3. The lowest BCUT2D eigenvalue weighted by Gasteiger charge is -2.24. The van der Waals surface area contributed by atoms with Crippen molar-refractivity contribution in [2.24, 2.45) is 0 Å². The van der Waals surface area contributed by atoms with E-state index in [1.54, 1.807) is 0 Å². The second kappa shape index (κ2) is 6.63. The Balaban J connectivity index is 1.94. The summed E-state index contributed by atoms with van der Waals surface area (Å²) in [5.74, 6) is 2.69. The van der Waals surface area contributed by atoms with Crippen molar-refractivity contribution in [3.63, 3.8) is 0 Å². The van der Waals surface area contributed by atoms with Crippen molar-refractivity contribution < 1.29 is 0 Å². The second-order valence-electron chi connectivity index (χ2n) is 5.63. The van der Waals surface area contributed by atoms with Gasteiger partial charge in [-0.1, -0.05) is 12.0 Å². The summed E-state index contributed by atoms with van der Waals surface area (Å²) in [4.78, 5) is 2.57. The molecule has 1 aromatic carbocycles. The van der Waals surface area contributed by atoms with Crippen LogP contribution in [-0.2, 0) is 0 Å². The Labute approximate surface area is 117 Å². The Bertz CT molecular complexity index is 445. The quantitative estimate of drug-likeness (QED) is 0.834. The molecule has 1 aliphatic rings. The van der Waals surface area contributed by atoms with Gasteiger partial charge >= 0.3 is 0 Å². The number of nitrogens with one attached hydrogen (secondary N) is 1. The van der Waals surface area contributed by atoms with Gasteiger partial charge in [0, 0.05) is 29.9 Å². The minimum atomic E-state index is 0.566. The zero-order valence-corrected chi connectivity index (χ0v) is 12.0. The van der Waals surface area contributed by atoms with E-state index in [1.165, 1.54) is 32.4 Å². The summed E-state index contributed by atoms with van der Waals surface area (Å²) < 4.78 is 0. The van der Waals surface area contributed by atoms with E-state index in [0.717, 1.165) is 11.3 Å². The van der Waals surface area contributed by atoms with Crippen molar-refractivity contribution in [1.29, 1.82) is 0 Å². The monoisotopic (exact) mass is 256 g/mol. The Hall–Kier alpha value is -1.46. The Morgan fingerprint density at radius 2 is 2.16 bits per heavy atom. The van der Waals surface area contributed by atoms with Crippen LogP contribution >= 0.6 is 0 Å². The van der Waals surface area contributed by atoms with Crippen LogP contribution in [0.2, 0.25) is 0 Å². The summed E-state index contributed by atoms with van der Waals surface area (Å²) in [6.07, 6.45) is 9.16. The Morgan fingerprint density at radius 3 is 2.89 bits per heavy atom. The van der Waals surface area contributed by atoms with Crippen LogP contribution in [0.3, 0.4) is 0 Å². The van der Waals surface area contributed by atoms with Gasteiger partial charge in [-0.15, -0.1) is 6.42 Å². The van der Waals surface area contributed by atoms with Crippen LogP contribution in [0.4, 0.5) is 5.69 Å². The SMILES string of the molecule is C#Cc1cccc(NC2CCCN(C(C)C)CC2)c1. The number of hydrogen-bond acceptors (Lipinski definition) is 2. The highest BCUT2D eigenvalue weighted by atomic mass is 15.1. The first kappa shape index (κ1) is 14.0. The molecule has 1 atom stereocenters. The van der Waals surface area contributed by atoms with Crippen LogP contribution in [0, 0.1) is 12.3 Å². The lowest BCUT2D eigenvalue weighted by atomic mass is 10.1. The number of benzene rings is 1. The molecule has 0 amide bonds. The lowest BCUT2D eigenvalue weighted by Crippen LogP contribution is -2.32. The summed E-state index contributed by atoms with van der Waals surface area (Å²) in [5.41, 5.74) is 2.10. The van der Waals surface area contributed by atoms with Crippen molar-refractivity contribution in [3.8, 4) is 12.3 Å². The van der Waals surface area contributed by atoms with Crippen molar-refractivity contribution >= 4 is 5.69 Å². The summed E-state index contributed by atoms with van der Waals surface area (Å²) >= 11 is 0. The van der Waals surface area contributed by atoms with Crippen LogP contribution < -0.4 is 5.32 Å². The molecule has 2 heteroatoms. The molecule has 2 nitrogen and oxygen atoms in total. The van der Waals surface area contributed by atoms with E-state index in [-0.39, 0.29) is 0 Å². The third-order valence-electron chi connectivity index (χ3n) is 3.89. The van der Waals surface area contributed by atoms with Crippen LogP contribution in [0.15, 0.2) is 24.3 Å². The topological polar surface area (TPSA) is 15.3 Å². The van der Waals surface area contributed by atoms with Gasteiger partial charge in [-0.2, -0.15) is 0 Å². The molecule has 1 fully saturated rings. The third-order valence-corrected chi connectivity index (χ3v) is 3.89. The Morgan fingerprint density at radius 1 is 1.32 bits per heavy atom. The van der Waals surface area contributed by atoms with Crippen molar-refractivity contribution in [3.05, 3.63) is 29.8 Å². The van der Waals surface area contributed by atoms with E-state index in [0.29, 0.717) is 12.1 Å². The standard InChI is InChI=1S/C17H24N2/c1-4-15-7-5-8-17(13-15)18-16-9-6-11-19(12-10-16)14(2)3/h1,5,7-8,13-14,16,18H,6,9-12H2,2-3H3. The van der Waals surface area contributed by atoms with Crippen molar-refractivity contribution in [1.82, 2.24) is 4.90 Å². The van der Waals surface area contributed by atoms with E-state index in [2.05, 4.69) is 42.1 Å². The third kappa shape index (κ3) is 4.01. The molecule has 1 N–H and O–H groups in total. The number of nitrogens with zero attached hydrogens (tertiary/aromatic N) is 1. The Kier molecular flexibility index (Phi) is 4.87. The molecule has 19 heavy (non-hydrogen) atoms. The molecular weight excluding hydrogens is 232 g/mol. The first-order valence-electron chi connectivity index (χ1n) is 7.26. The van der Waals surface area contributed by atoms with Gasteiger partial charge in [-0.25, -0.2) is 0 Å². The number of likely N-dealkylation sites (tertiary alicyclic amines) is 1. The fourth-order valence-electron chi connectivity index (χ4n) is 2.71. The average Bonchev–Trinajstić information content (AvgIpc) is 2.65. The van der Waals surface area contributed by atoms with Crippen LogP contribution in [-0.4, -0.2) is 30.1 Å². The van der Waals surface area contributed by atoms with Gasteiger partial charge in [-0.3, -0.25) is 0 Å². The maximum absolute atomic E-state index is 5.44. The molecule has 2 rings (SSSR count). The molecule has 1 aromatic rings. The summed E-state index contributed by atoms with van der Waals surface area (Å²) in [6.45, 7) is 6.97. The van der Waals surface area contributed by atoms with Crippen LogP contribution in [0.1, 0.15) is 38.7 Å². The van der Waals surface area contributed by atoms with Gasteiger partial charge in [0.05, 0.1) is 0 Å². The number of hydrogen-bond donors (Lipinski definition) is 1. The highest BCUT2D eigenvalue weighted by molar-refractivity contribution is 5.50. The van der Waals surface area contributed by atoms with Crippen LogP contribution in [0.5, 0.6) is 0 Å². The minimum Gasteiger partial charge on any atom is -0.382 e. The fraction of sp³-hybridized carbons (Fsp3) is 0.529. The van der Waals surface area contributed by atoms with Gasteiger partial charge in [0.15, 0.2) is 0 Å². The molecule has 0 spiro atoms. The summed E-state index contributed by atoms with van der Waals surface area (Å²) in [6, 6.07) is 9.38. The molecule has 1 unspecified atom stereocenters. The van der Waals surface area contributed by atoms with E-state index < -0.39 is 0 Å². The van der Waals surface area contributed by atoms with Crippen molar-refractivity contribution in [2.75, 3.05) is 18.4 Å². The predicted octanol–water partition coefficient (Wildman–Crippen LogP) is 3.34. The zero-order chi connectivity index (χ0) is 13.7. The van der Waals surface area contributed by atoms with Gasteiger partial charge < -0.3 is 10.2 Å². The number of anilines is 1. The molecule has 0 radical (unpaired) electrons. The second-order valence-corrected chi connectivity index (χ2v) is 5.63. The fourth-order valence-corrected chi connectivity index (χ4v) is 2.71. The molecule has 0 bridgehead atoms. The maximum Gasteiger partial charge on any atom is 0.0354 e. The van der Waals surface area contributed by atoms with Gasteiger partial charge in [0.1, 0.15) is 0 Å². The largest absolute Gasteiger partial charge is 0.382 e. The molecule has 102 valence electrons. The van der Waals surface area contributed by atoms with E-state index >= 15 is 0 Å². The normalized spacial score (nSPS) is 20.8. The molecule has 0 aromatic heterocycles. The summed E-state index contributed by atoms with van der Waals surface area (Å²) in [7, 11) is 0. The summed E-state index contributed by atoms with van der Waals surface area (Å²) in [5, 5.41) is 3.63. The molecular formula is C17H24N2. The lowest BCUT2D eigenvalue weighted by molar-refractivity contribution is 0.230.